The lowest BCUT2D eigenvalue weighted by atomic mass is 10.00. The van der Waals surface area contributed by atoms with Gasteiger partial charge in [0.1, 0.15) is 30.0 Å². The van der Waals surface area contributed by atoms with Crippen LogP contribution in [0.25, 0.3) is 10.4 Å². The van der Waals surface area contributed by atoms with E-state index < -0.39 is 76.1 Å². The summed E-state index contributed by atoms with van der Waals surface area (Å²) in [6, 6.07) is -0.491. The highest BCUT2D eigenvalue weighted by atomic mass is 28.4. The van der Waals surface area contributed by atoms with E-state index in [0.29, 0.717) is 0 Å². The Balaban J connectivity index is 2.80. The number of carbonyl (C=O) groups is 1. The average Bonchev–Trinajstić information content (AvgIpc) is 3.10. The lowest BCUT2D eigenvalue weighted by Gasteiger charge is -2.44. The van der Waals surface area contributed by atoms with Crippen molar-refractivity contribution in [3.05, 3.63) is 43.5 Å². The highest BCUT2D eigenvalue weighted by Crippen LogP contribution is 2.46. The monoisotopic (exact) mass is 627 g/mol. The maximum Gasteiger partial charge on any atom is 0.330 e. The molecule has 238 valence electrons. The van der Waals surface area contributed by atoms with Crippen LogP contribution in [-0.2, 0) is 23.1 Å². The van der Waals surface area contributed by atoms with Gasteiger partial charge >= 0.3 is 11.7 Å². The van der Waals surface area contributed by atoms with Crippen LogP contribution in [0.1, 0.15) is 68.5 Å². The standard InChI is InChI=1S/C27H49N5O8Si2/c1-25(2,3)38-23(35)17(30-31-28)18(34)19-20(39-41(10,11)26(4,5)6)21(40-42(12,13)27(7,8)9)22(37-19)32-15-14-16(33)29-24(32)36/h14-15,17-22,34H,1-13H3,(H,29,33,36)/t17-,18+,19+,20?,21?,22+/m0/s1. The quantitative estimate of drug-likeness (QED) is 0.131. The van der Waals surface area contributed by atoms with E-state index in [0.717, 1.165) is 0 Å². The van der Waals surface area contributed by atoms with E-state index in [-0.39, 0.29) is 10.1 Å². The predicted molar refractivity (Wildman–Crippen MR) is 164 cm³/mol. The molecule has 1 aliphatic rings. The molecular formula is C27H49N5O8Si2. The van der Waals surface area contributed by atoms with Crippen molar-refractivity contribution in [1.82, 2.24) is 9.55 Å². The van der Waals surface area contributed by atoms with Crippen LogP contribution in [0.3, 0.4) is 0 Å². The number of esters is 1. The number of ether oxygens (including phenoxy) is 2. The minimum absolute atomic E-state index is 0.254. The topological polar surface area (TPSA) is 178 Å². The molecule has 6 atom stereocenters. The molecule has 13 nitrogen and oxygen atoms in total. The predicted octanol–water partition coefficient (Wildman–Crippen LogP) is 4.60. The molecule has 1 saturated heterocycles. The van der Waals surface area contributed by atoms with Crippen molar-refractivity contribution in [1.29, 1.82) is 0 Å². The Morgan fingerprint density at radius 3 is 1.95 bits per heavy atom. The van der Waals surface area contributed by atoms with E-state index in [1.807, 2.05) is 26.2 Å². The summed E-state index contributed by atoms with van der Waals surface area (Å²) in [5, 5.41) is 14.7. The number of aliphatic hydroxyl groups excluding tert-OH is 1. The van der Waals surface area contributed by atoms with Crippen LogP contribution in [0.4, 0.5) is 0 Å². The SMILES string of the molecule is CC(C)(C)OC(=O)[C@@H](N=[N+]=[N-])[C@@H](O)[C@H]1O[C@@H](n2ccc(=O)[nH]c2=O)C(O[Si](C)(C)C(C)(C)C)C1O[Si](C)(C)C(C)(C)C. The van der Waals surface area contributed by atoms with E-state index in [2.05, 4.69) is 56.6 Å². The lowest BCUT2D eigenvalue weighted by Crippen LogP contribution is -2.56. The zero-order chi connectivity index (χ0) is 32.6. The van der Waals surface area contributed by atoms with Crippen LogP contribution >= 0.6 is 0 Å². The molecule has 1 aromatic rings. The third kappa shape index (κ3) is 8.21. The second-order valence-corrected chi connectivity index (χ2v) is 24.4. The van der Waals surface area contributed by atoms with Crippen LogP contribution < -0.4 is 11.2 Å². The zero-order valence-electron chi connectivity index (χ0n) is 27.2. The number of hydrogen-bond donors (Lipinski definition) is 2. The Morgan fingerprint density at radius 2 is 1.52 bits per heavy atom. The van der Waals surface area contributed by atoms with Crippen molar-refractivity contribution >= 4 is 22.6 Å². The highest BCUT2D eigenvalue weighted by molar-refractivity contribution is 6.74. The van der Waals surface area contributed by atoms with Gasteiger partial charge in [-0.2, -0.15) is 0 Å². The Bertz CT molecular complexity index is 1290. The molecule has 0 radical (unpaired) electrons. The van der Waals surface area contributed by atoms with E-state index in [4.69, 9.17) is 18.3 Å². The van der Waals surface area contributed by atoms with Crippen molar-refractivity contribution in [2.75, 3.05) is 0 Å². The van der Waals surface area contributed by atoms with Gasteiger partial charge in [-0.3, -0.25) is 19.1 Å². The summed E-state index contributed by atoms with van der Waals surface area (Å²) < 4.78 is 26.8. The minimum Gasteiger partial charge on any atom is -0.460 e. The van der Waals surface area contributed by atoms with E-state index in [1.165, 1.54) is 16.8 Å². The summed E-state index contributed by atoms with van der Waals surface area (Å²) >= 11 is 0. The fourth-order valence-corrected chi connectivity index (χ4v) is 6.52. The summed E-state index contributed by atoms with van der Waals surface area (Å²) in [5.74, 6) is -0.936. The lowest BCUT2D eigenvalue weighted by molar-refractivity contribution is -0.164. The molecule has 0 saturated carbocycles. The Kier molecular flexibility index (Phi) is 10.6. The number of rotatable bonds is 9. The fraction of sp³-hybridized carbons (Fsp3) is 0.815. The molecule has 0 spiro atoms. The Labute approximate surface area is 249 Å². The highest BCUT2D eigenvalue weighted by Gasteiger charge is 2.57. The molecule has 1 fully saturated rings. The second-order valence-electron chi connectivity index (χ2n) is 14.9. The van der Waals surface area contributed by atoms with E-state index in [1.54, 1.807) is 20.8 Å². The van der Waals surface area contributed by atoms with Gasteiger partial charge in [0, 0.05) is 17.2 Å². The van der Waals surface area contributed by atoms with Crippen molar-refractivity contribution in [2.45, 2.75) is 141 Å². The fourth-order valence-electron chi connectivity index (χ4n) is 3.94. The molecule has 2 unspecified atom stereocenters. The van der Waals surface area contributed by atoms with Crippen molar-refractivity contribution in [3.63, 3.8) is 0 Å². The zero-order valence-corrected chi connectivity index (χ0v) is 29.2. The molecule has 1 aliphatic heterocycles. The molecular weight excluding hydrogens is 578 g/mol. The molecule has 2 N–H and O–H groups in total. The maximum absolute atomic E-state index is 13.1. The first-order valence-electron chi connectivity index (χ1n) is 14.1. The minimum atomic E-state index is -2.61. The Morgan fingerprint density at radius 1 is 1.02 bits per heavy atom. The van der Waals surface area contributed by atoms with Crippen LogP contribution in [0.2, 0.25) is 36.3 Å². The van der Waals surface area contributed by atoms with Crippen LogP contribution in [0.5, 0.6) is 0 Å². The van der Waals surface area contributed by atoms with Crippen LogP contribution in [-0.4, -0.2) is 73.3 Å². The third-order valence-corrected chi connectivity index (χ3v) is 17.3. The number of azide groups is 1. The van der Waals surface area contributed by atoms with Gasteiger partial charge in [0.15, 0.2) is 28.9 Å². The maximum atomic E-state index is 13.1. The van der Waals surface area contributed by atoms with Gasteiger partial charge in [-0.25, -0.2) is 4.79 Å². The first-order valence-corrected chi connectivity index (χ1v) is 19.9. The summed E-state index contributed by atoms with van der Waals surface area (Å²) in [6.07, 6.45) is -4.78. The van der Waals surface area contributed by atoms with Gasteiger partial charge < -0.3 is 23.4 Å². The van der Waals surface area contributed by atoms with Crippen molar-refractivity contribution in [2.24, 2.45) is 5.11 Å². The number of nitrogens with zero attached hydrogens (tertiary/aromatic N) is 4. The van der Waals surface area contributed by atoms with E-state index in [9.17, 15) is 25.0 Å². The number of hydrogen-bond acceptors (Lipinski definition) is 9. The summed E-state index contributed by atoms with van der Waals surface area (Å²) in [4.78, 5) is 43.1. The first-order chi connectivity index (χ1) is 18.8. The van der Waals surface area contributed by atoms with E-state index >= 15 is 0 Å². The number of carbonyl (C=O) groups excluding carboxylic acids is 1. The normalized spacial score (nSPS) is 23.7. The average molecular weight is 628 g/mol. The van der Waals surface area contributed by atoms with Gasteiger partial charge in [0.05, 0.1) is 0 Å². The summed E-state index contributed by atoms with van der Waals surface area (Å²) in [6.45, 7) is 25.4. The van der Waals surface area contributed by atoms with Gasteiger partial charge in [-0.1, -0.05) is 46.7 Å². The Hall–Kier alpha value is -2.27. The van der Waals surface area contributed by atoms with Crippen LogP contribution in [0.15, 0.2) is 27.0 Å². The molecule has 0 bridgehead atoms. The number of H-pyrrole nitrogens is 1. The van der Waals surface area contributed by atoms with Gasteiger partial charge in [-0.05, 0) is 62.6 Å². The van der Waals surface area contributed by atoms with Crippen LogP contribution in [0, 0.1) is 0 Å². The molecule has 0 amide bonds. The summed E-state index contributed by atoms with van der Waals surface area (Å²) in [7, 11) is -5.20. The van der Waals surface area contributed by atoms with Crippen molar-refractivity contribution in [3.8, 4) is 0 Å². The number of aromatic amines is 1. The molecule has 0 aromatic carbocycles. The first kappa shape index (κ1) is 35.9. The molecule has 1 aromatic heterocycles. The summed E-state index contributed by atoms with van der Waals surface area (Å²) in [5.41, 5.74) is 7.05. The van der Waals surface area contributed by atoms with Gasteiger partial charge in [-0.15, -0.1) is 0 Å². The van der Waals surface area contributed by atoms with Gasteiger partial charge in [0.25, 0.3) is 5.56 Å². The second kappa shape index (κ2) is 12.4. The van der Waals surface area contributed by atoms with Gasteiger partial charge in [0.2, 0.25) is 0 Å². The number of aromatic nitrogens is 2. The number of nitrogens with one attached hydrogen (secondary N) is 1. The molecule has 2 rings (SSSR count). The van der Waals surface area contributed by atoms with Crippen molar-refractivity contribution < 1.29 is 28.2 Å². The third-order valence-electron chi connectivity index (χ3n) is 8.31. The largest absolute Gasteiger partial charge is 0.460 e. The molecule has 0 aliphatic carbocycles. The number of aliphatic hydroxyl groups is 1. The molecule has 42 heavy (non-hydrogen) atoms. The molecule has 2 heterocycles. The molecule has 15 heteroatoms. The smallest absolute Gasteiger partial charge is 0.330 e.